The van der Waals surface area contributed by atoms with E-state index in [2.05, 4.69) is 202 Å². The summed E-state index contributed by atoms with van der Waals surface area (Å²) < 4.78 is 30.5. The van der Waals surface area contributed by atoms with Gasteiger partial charge in [-0.15, -0.1) is 0 Å². The molecule has 0 aromatic heterocycles. The summed E-state index contributed by atoms with van der Waals surface area (Å²) in [4.78, 5) is 70.3. The summed E-state index contributed by atoms with van der Waals surface area (Å²) in [5, 5.41) is 9.72. The number of aliphatic hydroxyl groups is 1. The molecule has 0 bridgehead atoms. The lowest BCUT2D eigenvalue weighted by molar-refractivity contribution is -0.152. The van der Waals surface area contributed by atoms with E-state index in [-0.39, 0.29) is 99.1 Å². The maximum Gasteiger partial charge on any atom is 0.309 e. The average molecular weight is 1700 g/mol. The quantitative estimate of drug-likeness (QED) is 0.0266. The Morgan fingerprint density at radius 2 is 0.522 bits per heavy atom. The van der Waals surface area contributed by atoms with E-state index >= 15 is 0 Å². The highest BCUT2D eigenvalue weighted by Gasteiger charge is 2.29. The highest BCUT2D eigenvalue weighted by Crippen LogP contribution is 2.34. The molecule has 0 radical (unpaired) electrons. The average Bonchev–Trinajstić information content (AvgIpc) is 0.905. The van der Waals surface area contributed by atoms with Crippen molar-refractivity contribution in [3.8, 4) is 0 Å². The lowest BCUT2D eigenvalue weighted by Crippen LogP contribution is -2.36. The number of allylic oxidation sites excluding steroid dienone is 30. The molecule has 0 heterocycles. The van der Waals surface area contributed by atoms with Gasteiger partial charge in [-0.25, -0.2) is 0 Å². The second kappa shape index (κ2) is 59.7. The van der Waals surface area contributed by atoms with Gasteiger partial charge < -0.3 is 28.8 Å². The number of hydrogen-bond donors (Lipinski definition) is 1. The smallest absolute Gasteiger partial charge is 0.309 e. The summed E-state index contributed by atoms with van der Waals surface area (Å²) in [6.45, 7) is 30.3. The minimum Gasteiger partial charge on any atom is -0.464 e. The minimum atomic E-state index is -0.160. The van der Waals surface area contributed by atoms with Gasteiger partial charge in [0.1, 0.15) is 33.0 Å². The lowest BCUT2D eigenvalue weighted by Gasteiger charge is -2.25. The van der Waals surface area contributed by atoms with Crippen molar-refractivity contribution in [1.29, 1.82) is 0 Å². The molecule has 5 aliphatic rings. The number of aliphatic hydroxyl groups excluding tert-OH is 1. The van der Waals surface area contributed by atoms with E-state index in [1.165, 1.54) is 81.6 Å². The van der Waals surface area contributed by atoms with E-state index in [4.69, 9.17) is 23.7 Å². The Morgan fingerprint density at radius 1 is 0.313 bits per heavy atom. The topological polar surface area (TPSA) is 158 Å². The van der Waals surface area contributed by atoms with Gasteiger partial charge >= 0.3 is 29.8 Å². The summed E-state index contributed by atoms with van der Waals surface area (Å²) in [6.07, 6.45) is 70.3. The van der Waals surface area contributed by atoms with Gasteiger partial charge in [-0.1, -0.05) is 169 Å². The Kier molecular flexibility index (Phi) is 51.7. The fourth-order valence-corrected chi connectivity index (χ4v) is 16.1. The molecule has 0 aliphatic heterocycles. The van der Waals surface area contributed by atoms with Crippen LogP contribution in [0.2, 0.25) is 0 Å². The Balaban J connectivity index is 0.923. The van der Waals surface area contributed by atoms with Crippen LogP contribution in [0.4, 0.5) is 0 Å². The van der Waals surface area contributed by atoms with Crippen molar-refractivity contribution in [2.75, 3.05) is 78.9 Å². The van der Waals surface area contributed by atoms with E-state index in [0.717, 1.165) is 212 Å². The van der Waals surface area contributed by atoms with E-state index in [9.17, 15) is 29.1 Å². The molecule has 14 heteroatoms. The van der Waals surface area contributed by atoms with Crippen LogP contribution in [0.15, 0.2) is 173 Å². The van der Waals surface area contributed by atoms with Crippen LogP contribution < -0.4 is 0 Å². The molecule has 1 N–H and O–H groups in total. The largest absolute Gasteiger partial charge is 0.464 e. The zero-order valence-electron chi connectivity index (χ0n) is 74.0. The van der Waals surface area contributed by atoms with Crippen LogP contribution in [-0.4, -0.2) is 124 Å². The summed E-state index contributed by atoms with van der Waals surface area (Å²) in [5.74, 6) is -1.43. The van der Waals surface area contributed by atoms with Crippen molar-refractivity contribution < 1.29 is 52.8 Å². The molecule has 642 valence electrons. The van der Waals surface area contributed by atoms with Gasteiger partial charge in [0.05, 0.1) is 36.2 Å². The molecule has 0 amide bonds. The Morgan fingerprint density at radius 3 is 0.730 bits per heavy atom. The van der Waals surface area contributed by atoms with Crippen molar-refractivity contribution >= 4 is 52.4 Å². The predicted octanol–water partition coefficient (Wildman–Crippen LogP) is 25.4. The van der Waals surface area contributed by atoms with E-state index < -0.39 is 0 Å². The van der Waals surface area contributed by atoms with Crippen LogP contribution in [0.3, 0.4) is 0 Å². The number of rotatable bonds is 55. The van der Waals surface area contributed by atoms with Gasteiger partial charge in [0, 0.05) is 39.3 Å². The fourth-order valence-electron chi connectivity index (χ4n) is 15.8. The molecular formula is C101H155IN2O11. The Hall–Kier alpha value is -5.94. The second-order valence-corrected chi connectivity index (χ2v) is 36.2. The third-order valence-corrected chi connectivity index (χ3v) is 24.2. The van der Waals surface area contributed by atoms with Crippen molar-refractivity contribution in [2.24, 2.45) is 29.6 Å². The van der Waals surface area contributed by atoms with Crippen molar-refractivity contribution in [2.45, 2.75) is 321 Å². The maximum absolute atomic E-state index is 13.5. The molecule has 0 saturated carbocycles. The van der Waals surface area contributed by atoms with Gasteiger partial charge in [0.15, 0.2) is 0 Å². The molecule has 0 aromatic carbocycles. The first kappa shape index (κ1) is 99.6. The molecule has 0 saturated heterocycles. The van der Waals surface area contributed by atoms with E-state index in [0.29, 0.717) is 65.0 Å². The number of ether oxygens (including phenoxy) is 5. The van der Waals surface area contributed by atoms with Gasteiger partial charge in [-0.3, -0.25) is 33.8 Å². The zero-order chi connectivity index (χ0) is 83.4. The number of carbonyl (C=O) groups excluding carboxylic acids is 5. The number of halogens is 1. The summed E-state index contributed by atoms with van der Waals surface area (Å²) in [5.41, 5.74) is 19.9. The Labute approximate surface area is 712 Å². The second-order valence-electron chi connectivity index (χ2n) is 34.5. The van der Waals surface area contributed by atoms with Crippen LogP contribution in [0.25, 0.3) is 0 Å². The van der Waals surface area contributed by atoms with Crippen LogP contribution >= 0.6 is 22.6 Å². The van der Waals surface area contributed by atoms with E-state index in [1.54, 1.807) is 0 Å². The molecule has 5 aliphatic carbocycles. The van der Waals surface area contributed by atoms with Gasteiger partial charge in [0.25, 0.3) is 0 Å². The highest BCUT2D eigenvalue weighted by molar-refractivity contribution is 14.1. The number of hydrogen-bond acceptors (Lipinski definition) is 13. The molecule has 5 rings (SSSR count). The first-order valence-corrected chi connectivity index (χ1v) is 46.0. The summed E-state index contributed by atoms with van der Waals surface area (Å²) in [6, 6.07) is 0. The maximum atomic E-state index is 13.5. The van der Waals surface area contributed by atoms with Crippen LogP contribution in [-0.2, 0) is 47.7 Å². The van der Waals surface area contributed by atoms with Crippen LogP contribution in [0, 0.1) is 29.6 Å². The number of nitrogens with zero attached hydrogens (tertiary/aromatic N) is 2. The normalized spacial score (nSPS) is 19.8. The molecule has 5 atom stereocenters. The van der Waals surface area contributed by atoms with Crippen molar-refractivity contribution in [1.82, 2.24) is 9.80 Å². The molecule has 0 spiro atoms. The summed E-state index contributed by atoms with van der Waals surface area (Å²) in [7, 11) is 0. The third-order valence-electron chi connectivity index (χ3n) is 23.8. The fraction of sp³-hybridized carbons (Fsp3) is 0.653. The monoisotopic (exact) mass is 1700 g/mol. The third kappa shape index (κ3) is 46.3. The molecule has 13 nitrogen and oxygen atoms in total. The van der Waals surface area contributed by atoms with Gasteiger partial charge in [-0.05, 0) is 347 Å². The molecule has 0 fully saturated rings. The molecule has 5 unspecified atom stereocenters. The molecule has 115 heavy (non-hydrogen) atoms. The number of carbonyl (C=O) groups is 5. The molecule has 0 aromatic rings. The molecular weight excluding hydrogens is 1540 g/mol. The first-order chi connectivity index (χ1) is 55.4. The van der Waals surface area contributed by atoms with Crippen LogP contribution in [0.5, 0.6) is 0 Å². The highest BCUT2D eigenvalue weighted by atomic mass is 127. The zero-order valence-corrected chi connectivity index (χ0v) is 76.2. The van der Waals surface area contributed by atoms with Crippen molar-refractivity contribution in [3.63, 3.8) is 0 Å². The predicted molar refractivity (Wildman–Crippen MR) is 486 cm³/mol. The lowest BCUT2D eigenvalue weighted by atomic mass is 9.87. The van der Waals surface area contributed by atoms with Crippen LogP contribution in [0.1, 0.15) is 321 Å². The standard InChI is InChI=1S/C101H155IN2O11/c1-77(2)23-13-25-79(5)32-18-38-87-45-55-92(56-46-87)97(106)111-72-66-103(65-71-105)67-73-112-98(107)93-57-47-89(48-58-93)40-20-34-81(7)27-15-29-84(10)43-44-85(11)30-16-28-82(8)35-21-41-90-51-61-95(62-52-90)100(109)114-75-69-104(68-74-113-99(108)94-59-49-88(50-60-94)39-19-33-80(6)26-14-24-78(3)4)70-76-115-101(110)96-63-53-91(54-64-96)42-22-36-83(9)31-17-37-86(12)102/h23-24,29-30,32-37,45,47,49,51,53,92-96,105H,13-22,25-28,31,38-44,46,48,50,52,54-76H2,1-12H3/b79-32+,80-33+,81-34+,82-35+,83-36+,84-29+,85-30+,86-37+. The SMILES string of the molecule is CC(C)=CCC/C(C)=C/CCC1=CCC(C(=O)OCCN(CCO)CCOC(=O)C2CC=C(CC/C=C(\C)CC/C=C(\C)CC/C(C)=C/CC/C(C)=C/CCC3=CCC(C(=O)OCCN(CCOC(=O)C4CC=C(CC/C=C(\C)CCC=C(C)C)CC4)CCOC(=O)C4CC=C(CC/C=C(\C)CC/C=C(\C)I)CC4)CC3)CC2)CC1. The van der Waals surface area contributed by atoms with E-state index in [1.807, 2.05) is 4.90 Å². The van der Waals surface area contributed by atoms with Gasteiger partial charge in [0.2, 0.25) is 0 Å². The minimum absolute atomic E-state index is 0.0183. The first-order valence-electron chi connectivity index (χ1n) is 44.9. The van der Waals surface area contributed by atoms with Gasteiger partial charge in [-0.2, -0.15) is 0 Å². The number of esters is 5. The summed E-state index contributed by atoms with van der Waals surface area (Å²) >= 11 is 2.37. The van der Waals surface area contributed by atoms with Crippen molar-refractivity contribution in [3.05, 3.63) is 173 Å². The Bertz CT molecular complexity index is 3380.